The molecule has 0 saturated carbocycles. The normalized spacial score (nSPS) is 11.7. The molecule has 0 aliphatic heterocycles. The summed E-state index contributed by atoms with van der Waals surface area (Å²) >= 11 is 0. The quantitative estimate of drug-likeness (QED) is 0.556. The Hall–Kier alpha value is -2.89. The van der Waals surface area contributed by atoms with Crippen molar-refractivity contribution in [1.82, 2.24) is 25.4 Å². The average molecular weight is 322 g/mol. The molecule has 1 aromatic heterocycles. The predicted octanol–water partition coefficient (Wildman–Crippen LogP) is 1.88. The van der Waals surface area contributed by atoms with E-state index in [0.29, 0.717) is 6.54 Å². The lowest BCUT2D eigenvalue weighted by Gasteiger charge is -2.12. The molecule has 0 saturated heterocycles. The number of nitrogens with zero attached hydrogens (tertiary/aromatic N) is 4. The highest BCUT2D eigenvalue weighted by atomic mass is 15.3. The standard InChI is InChI=1S/C18H22N6/c1-19-18(21-12-17-22-13-23-24(17)2)20-11-10-15-8-5-7-14-6-3-4-9-16(14)15/h3-9,13H,10-12H2,1-2H3,(H2,19,20,21). The molecule has 0 spiro atoms. The topological polar surface area (TPSA) is 67.1 Å². The minimum absolute atomic E-state index is 0.588. The number of benzene rings is 2. The van der Waals surface area contributed by atoms with Crippen LogP contribution < -0.4 is 10.6 Å². The van der Waals surface area contributed by atoms with Gasteiger partial charge < -0.3 is 10.6 Å². The minimum Gasteiger partial charge on any atom is -0.356 e. The molecule has 0 unspecified atom stereocenters. The third kappa shape index (κ3) is 3.71. The molecular formula is C18H22N6. The molecule has 3 aromatic rings. The molecule has 0 atom stereocenters. The Labute approximate surface area is 141 Å². The Morgan fingerprint density at radius 3 is 2.75 bits per heavy atom. The molecule has 3 rings (SSSR count). The molecule has 1 heterocycles. The monoisotopic (exact) mass is 322 g/mol. The van der Waals surface area contributed by atoms with Crippen LogP contribution in [0, 0.1) is 0 Å². The van der Waals surface area contributed by atoms with Gasteiger partial charge in [-0.05, 0) is 22.8 Å². The summed E-state index contributed by atoms with van der Waals surface area (Å²) in [6.07, 6.45) is 2.49. The number of hydrogen-bond donors (Lipinski definition) is 2. The van der Waals surface area contributed by atoms with E-state index in [-0.39, 0.29) is 0 Å². The maximum atomic E-state index is 4.25. The number of aliphatic imine (C=N–C) groups is 1. The van der Waals surface area contributed by atoms with Gasteiger partial charge >= 0.3 is 0 Å². The van der Waals surface area contributed by atoms with E-state index in [0.717, 1.165) is 24.7 Å². The van der Waals surface area contributed by atoms with Crippen molar-refractivity contribution in [3.63, 3.8) is 0 Å². The Morgan fingerprint density at radius 2 is 1.96 bits per heavy atom. The highest BCUT2D eigenvalue weighted by Gasteiger charge is 2.04. The van der Waals surface area contributed by atoms with Crippen molar-refractivity contribution in [2.24, 2.45) is 12.0 Å². The largest absolute Gasteiger partial charge is 0.356 e. The van der Waals surface area contributed by atoms with Crippen molar-refractivity contribution >= 4 is 16.7 Å². The molecule has 124 valence electrons. The second-order valence-corrected chi connectivity index (χ2v) is 5.54. The second-order valence-electron chi connectivity index (χ2n) is 5.54. The molecule has 2 N–H and O–H groups in total. The zero-order valence-corrected chi connectivity index (χ0v) is 14.0. The van der Waals surface area contributed by atoms with E-state index in [1.165, 1.54) is 16.3 Å². The number of rotatable bonds is 5. The number of hydrogen-bond acceptors (Lipinski definition) is 3. The van der Waals surface area contributed by atoms with E-state index in [2.05, 4.69) is 68.2 Å². The van der Waals surface area contributed by atoms with Crippen LogP contribution in [0.25, 0.3) is 10.8 Å². The van der Waals surface area contributed by atoms with Crippen molar-refractivity contribution < 1.29 is 0 Å². The summed E-state index contributed by atoms with van der Waals surface area (Å²) in [5, 5.41) is 13.2. The summed E-state index contributed by atoms with van der Waals surface area (Å²) in [6.45, 7) is 1.40. The molecule has 0 amide bonds. The Morgan fingerprint density at radius 1 is 1.12 bits per heavy atom. The maximum Gasteiger partial charge on any atom is 0.191 e. The van der Waals surface area contributed by atoms with Crippen molar-refractivity contribution in [2.45, 2.75) is 13.0 Å². The van der Waals surface area contributed by atoms with E-state index in [9.17, 15) is 0 Å². The van der Waals surface area contributed by atoms with Crippen LogP contribution >= 0.6 is 0 Å². The molecule has 2 aromatic carbocycles. The summed E-state index contributed by atoms with van der Waals surface area (Å²) in [7, 11) is 3.64. The van der Waals surface area contributed by atoms with Crippen molar-refractivity contribution in [3.8, 4) is 0 Å². The Kier molecular flexibility index (Phi) is 5.05. The lowest BCUT2D eigenvalue weighted by atomic mass is 10.0. The highest BCUT2D eigenvalue weighted by molar-refractivity contribution is 5.85. The average Bonchev–Trinajstić information content (AvgIpc) is 3.03. The van der Waals surface area contributed by atoms with E-state index in [1.807, 2.05) is 7.05 Å². The molecular weight excluding hydrogens is 300 g/mol. The second kappa shape index (κ2) is 7.59. The minimum atomic E-state index is 0.588. The van der Waals surface area contributed by atoms with Gasteiger partial charge in [0.2, 0.25) is 0 Å². The SMILES string of the molecule is CN=C(NCCc1cccc2ccccc12)NCc1ncnn1C. The number of fused-ring (bicyclic) bond motifs is 1. The van der Waals surface area contributed by atoms with Gasteiger partial charge in [-0.3, -0.25) is 9.67 Å². The van der Waals surface area contributed by atoms with Crippen LogP contribution in [0.3, 0.4) is 0 Å². The fourth-order valence-electron chi connectivity index (χ4n) is 2.69. The molecule has 0 fully saturated rings. The molecule has 6 heteroatoms. The lowest BCUT2D eigenvalue weighted by molar-refractivity contribution is 0.672. The predicted molar refractivity (Wildman–Crippen MR) is 96.9 cm³/mol. The van der Waals surface area contributed by atoms with Gasteiger partial charge in [-0.2, -0.15) is 5.10 Å². The van der Waals surface area contributed by atoms with E-state index in [4.69, 9.17) is 0 Å². The van der Waals surface area contributed by atoms with E-state index < -0.39 is 0 Å². The fourth-order valence-corrected chi connectivity index (χ4v) is 2.69. The Bertz CT molecular complexity index is 831. The van der Waals surface area contributed by atoms with Crippen LogP contribution in [0.4, 0.5) is 0 Å². The van der Waals surface area contributed by atoms with Crippen LogP contribution in [-0.4, -0.2) is 34.3 Å². The van der Waals surface area contributed by atoms with Crippen molar-refractivity contribution in [3.05, 3.63) is 60.2 Å². The van der Waals surface area contributed by atoms with Crippen LogP contribution in [0.15, 0.2) is 53.8 Å². The van der Waals surface area contributed by atoms with Crippen LogP contribution in [0.1, 0.15) is 11.4 Å². The highest BCUT2D eigenvalue weighted by Crippen LogP contribution is 2.18. The van der Waals surface area contributed by atoms with E-state index >= 15 is 0 Å². The lowest BCUT2D eigenvalue weighted by Crippen LogP contribution is -2.38. The summed E-state index contributed by atoms with van der Waals surface area (Å²) in [5.74, 6) is 1.63. The first-order valence-corrected chi connectivity index (χ1v) is 8.02. The number of nitrogens with one attached hydrogen (secondary N) is 2. The fraction of sp³-hybridized carbons (Fsp3) is 0.278. The molecule has 6 nitrogen and oxygen atoms in total. The van der Waals surface area contributed by atoms with Crippen LogP contribution in [0.2, 0.25) is 0 Å². The Balaban J connectivity index is 1.55. The van der Waals surface area contributed by atoms with Gasteiger partial charge in [0.1, 0.15) is 12.2 Å². The molecule has 0 aliphatic rings. The first kappa shape index (κ1) is 16.0. The summed E-state index contributed by atoms with van der Waals surface area (Å²) in [4.78, 5) is 8.44. The first-order chi connectivity index (χ1) is 11.8. The number of aryl methyl sites for hydroxylation is 1. The van der Waals surface area contributed by atoms with Gasteiger partial charge in [-0.15, -0.1) is 0 Å². The summed E-state index contributed by atoms with van der Waals surface area (Å²) in [6, 6.07) is 14.9. The third-order valence-corrected chi connectivity index (χ3v) is 4.01. The van der Waals surface area contributed by atoms with Gasteiger partial charge in [-0.1, -0.05) is 42.5 Å². The van der Waals surface area contributed by atoms with Crippen LogP contribution in [0.5, 0.6) is 0 Å². The smallest absolute Gasteiger partial charge is 0.191 e. The van der Waals surface area contributed by atoms with Gasteiger partial charge in [-0.25, -0.2) is 4.98 Å². The maximum absolute atomic E-state index is 4.25. The van der Waals surface area contributed by atoms with Crippen LogP contribution in [-0.2, 0) is 20.0 Å². The van der Waals surface area contributed by atoms with Gasteiger partial charge in [0.25, 0.3) is 0 Å². The van der Waals surface area contributed by atoms with Gasteiger partial charge in [0.05, 0.1) is 6.54 Å². The molecule has 0 aliphatic carbocycles. The van der Waals surface area contributed by atoms with Crippen molar-refractivity contribution in [2.75, 3.05) is 13.6 Å². The molecule has 24 heavy (non-hydrogen) atoms. The number of aromatic nitrogens is 3. The number of guanidine groups is 1. The summed E-state index contributed by atoms with van der Waals surface area (Å²) < 4.78 is 1.75. The summed E-state index contributed by atoms with van der Waals surface area (Å²) in [5.41, 5.74) is 1.34. The first-order valence-electron chi connectivity index (χ1n) is 8.02. The third-order valence-electron chi connectivity index (χ3n) is 4.01. The van der Waals surface area contributed by atoms with Crippen molar-refractivity contribution in [1.29, 1.82) is 0 Å². The zero-order valence-electron chi connectivity index (χ0n) is 14.0. The zero-order chi connectivity index (χ0) is 16.8. The van der Waals surface area contributed by atoms with Gasteiger partial charge in [0, 0.05) is 20.6 Å². The molecule has 0 radical (unpaired) electrons. The van der Waals surface area contributed by atoms with Gasteiger partial charge in [0.15, 0.2) is 5.96 Å². The molecule has 0 bridgehead atoms. The van der Waals surface area contributed by atoms with E-state index in [1.54, 1.807) is 18.1 Å².